The summed E-state index contributed by atoms with van der Waals surface area (Å²) < 4.78 is 42.9. The Morgan fingerprint density at radius 1 is 1.26 bits per heavy atom. The molecule has 1 aliphatic rings. The molecule has 4 rings (SSSR count). The molecule has 0 saturated carbocycles. The molecule has 3 aromatic rings. The number of hydrogen-bond donors (Lipinski definition) is 2. The van der Waals surface area contributed by atoms with Crippen LogP contribution in [0.3, 0.4) is 0 Å². The Balaban J connectivity index is 1.94. The average Bonchev–Trinajstić information content (AvgIpc) is 2.97. The molecule has 2 atom stereocenters. The first kappa shape index (κ1) is 30.0. The minimum Gasteiger partial charge on any atom is -0.507 e. The molecular weight excluding hydrogens is 566 g/mol. The summed E-state index contributed by atoms with van der Waals surface area (Å²) >= 11 is 0. The summed E-state index contributed by atoms with van der Waals surface area (Å²) in [4.78, 5) is 36.6. The average molecular weight is 593 g/mol. The molecule has 1 saturated heterocycles. The second kappa shape index (κ2) is 13.1. The van der Waals surface area contributed by atoms with Gasteiger partial charge >= 0.3 is 0 Å². The molecule has 0 spiro atoms. The first-order valence-corrected chi connectivity index (χ1v) is 14.2. The van der Waals surface area contributed by atoms with E-state index in [9.17, 15) is 28.6 Å². The lowest BCUT2D eigenvalue weighted by Crippen LogP contribution is -2.56. The summed E-state index contributed by atoms with van der Waals surface area (Å²) in [5.41, 5.74) is -0.749. The quantitative estimate of drug-likeness (QED) is 0.176. The molecule has 216 valence electrons. The van der Waals surface area contributed by atoms with Crippen molar-refractivity contribution in [1.82, 2.24) is 14.8 Å². The Kier molecular flexibility index (Phi) is 9.39. The van der Waals surface area contributed by atoms with Gasteiger partial charge in [0, 0.05) is 25.9 Å². The van der Waals surface area contributed by atoms with E-state index >= 15 is 4.39 Å². The molecule has 0 bridgehead atoms. The minimum absolute atomic E-state index is 0.00456. The fraction of sp³-hybridized carbons (Fsp3) is 0.207. The zero-order valence-electron chi connectivity index (χ0n) is 22.5. The van der Waals surface area contributed by atoms with E-state index in [0.29, 0.717) is 17.0 Å². The van der Waals surface area contributed by atoms with Crippen LogP contribution in [0, 0.1) is 23.0 Å². The van der Waals surface area contributed by atoms with Crippen molar-refractivity contribution in [3.05, 3.63) is 78.4 Å². The van der Waals surface area contributed by atoms with Gasteiger partial charge in [0.05, 0.1) is 51.0 Å². The summed E-state index contributed by atoms with van der Waals surface area (Å²) in [6.07, 6.45) is 2.92. The van der Waals surface area contributed by atoms with Gasteiger partial charge in [-0.25, -0.2) is 18.8 Å². The summed E-state index contributed by atoms with van der Waals surface area (Å²) in [6.45, 7) is 3.99. The topological polar surface area (TPSA) is 139 Å². The van der Waals surface area contributed by atoms with Crippen LogP contribution in [0.4, 0.5) is 20.3 Å². The molecule has 10 nitrogen and oxygen atoms in total. The number of carbonyl (C=O) groups excluding carboxylic acids is 2. The van der Waals surface area contributed by atoms with Gasteiger partial charge in [-0.15, -0.1) is 0 Å². The molecule has 1 aromatic heterocycles. The van der Waals surface area contributed by atoms with E-state index < -0.39 is 45.5 Å². The summed E-state index contributed by atoms with van der Waals surface area (Å²) in [6, 6.07) is 12.6. The minimum atomic E-state index is -1.45. The number of amides is 2. The maximum atomic E-state index is 15.7. The fourth-order valence-corrected chi connectivity index (χ4v) is 5.37. The van der Waals surface area contributed by atoms with Crippen molar-refractivity contribution in [2.24, 2.45) is 4.99 Å². The lowest BCUT2D eigenvalue weighted by molar-refractivity contribution is -0.130. The van der Waals surface area contributed by atoms with Gasteiger partial charge in [-0.2, -0.15) is 5.26 Å². The molecular formula is C29H26F2N6O4S. The molecule has 1 fully saturated rings. The number of nitriles is 1. The number of rotatable bonds is 8. The van der Waals surface area contributed by atoms with Crippen molar-refractivity contribution in [3.63, 3.8) is 0 Å². The van der Waals surface area contributed by atoms with E-state index in [2.05, 4.69) is 22.9 Å². The summed E-state index contributed by atoms with van der Waals surface area (Å²) in [7, 11) is -1.45. The number of phenolic OH excluding ortho intramolecular Hbond substituents is 1. The molecule has 42 heavy (non-hydrogen) atoms. The number of aromatic hydroxyl groups is 1. The van der Waals surface area contributed by atoms with Crippen LogP contribution < -0.4 is 5.32 Å². The van der Waals surface area contributed by atoms with Crippen molar-refractivity contribution in [1.29, 1.82) is 5.26 Å². The molecule has 2 N–H and O–H groups in total. The highest BCUT2D eigenvalue weighted by molar-refractivity contribution is 7.84. The largest absolute Gasteiger partial charge is 0.507 e. The Bertz CT molecular complexity index is 1620. The van der Waals surface area contributed by atoms with Gasteiger partial charge in [0.25, 0.3) is 0 Å². The number of aromatic nitrogens is 1. The van der Waals surface area contributed by atoms with Crippen molar-refractivity contribution >= 4 is 40.5 Å². The number of nitrogens with one attached hydrogen (secondary N) is 1. The number of hydrogen-bond acceptors (Lipinski definition) is 7. The van der Waals surface area contributed by atoms with Gasteiger partial charge in [-0.3, -0.25) is 13.8 Å². The Hall–Kier alpha value is -4.96. The van der Waals surface area contributed by atoms with Crippen molar-refractivity contribution in [3.8, 4) is 23.1 Å². The van der Waals surface area contributed by atoms with Crippen LogP contribution in [-0.4, -0.2) is 74.2 Å². The third kappa shape index (κ3) is 6.18. The number of carbonyl (C=O) groups is 2. The normalized spacial score (nSPS) is 16.0. The molecule has 0 aliphatic carbocycles. The van der Waals surface area contributed by atoms with Crippen molar-refractivity contribution in [2.45, 2.75) is 17.4 Å². The molecule has 1 aliphatic heterocycles. The Labute approximate surface area is 243 Å². The van der Waals surface area contributed by atoms with Gasteiger partial charge in [0.2, 0.25) is 12.3 Å². The van der Waals surface area contributed by atoms with Gasteiger partial charge in [0.1, 0.15) is 28.9 Å². The zero-order chi connectivity index (χ0) is 30.4. The number of phenols is 1. The number of anilines is 1. The third-order valence-electron chi connectivity index (χ3n) is 6.61. The van der Waals surface area contributed by atoms with E-state index in [1.807, 2.05) is 0 Å². The fourth-order valence-electron chi connectivity index (χ4n) is 4.69. The number of halogens is 2. The second-order valence-electron chi connectivity index (χ2n) is 9.17. The standard InChI is InChI=1S/C29H26F2N6O4S/c1-3-25(40)37-14-13-36(16-18(37)11-12-32)29(34-22-8-4-5-10-24(22)42(2)41)19-15-21(31)27(35-28(19)33-17-38)26-20(30)7-6-9-23(26)39/h3-10,15,17-18,39H,1,11,13-14,16H2,2H3,(H,33,35,38). The molecule has 2 unspecified atom stereocenters. The Morgan fingerprint density at radius 2 is 2.02 bits per heavy atom. The van der Waals surface area contributed by atoms with Gasteiger partial charge in [0.15, 0.2) is 5.82 Å². The summed E-state index contributed by atoms with van der Waals surface area (Å²) in [5.74, 6) is -2.95. The lowest BCUT2D eigenvalue weighted by atomic mass is 10.0. The van der Waals surface area contributed by atoms with E-state index in [1.165, 1.54) is 23.3 Å². The molecule has 13 heteroatoms. The number of amidine groups is 1. The number of piperazine rings is 1. The monoisotopic (exact) mass is 592 g/mol. The highest BCUT2D eigenvalue weighted by atomic mass is 32.2. The number of para-hydroxylation sites is 1. The summed E-state index contributed by atoms with van der Waals surface area (Å²) in [5, 5.41) is 22.1. The van der Waals surface area contributed by atoms with E-state index in [-0.39, 0.29) is 49.2 Å². The Morgan fingerprint density at radius 3 is 2.69 bits per heavy atom. The molecule has 0 radical (unpaired) electrons. The van der Waals surface area contributed by atoms with Gasteiger partial charge < -0.3 is 20.2 Å². The SMILES string of the molecule is C=CC(=O)N1CCN(C(=Nc2ccccc2S(C)=O)c2cc(F)c(-c3c(O)cccc3F)nc2NC=O)CC1CC#N. The predicted octanol–water partition coefficient (Wildman–Crippen LogP) is 3.73. The number of nitrogens with zero attached hydrogens (tertiary/aromatic N) is 5. The first-order valence-electron chi connectivity index (χ1n) is 12.6. The van der Waals surface area contributed by atoms with E-state index in [4.69, 9.17) is 4.99 Å². The maximum Gasteiger partial charge on any atom is 0.246 e. The maximum absolute atomic E-state index is 15.7. The molecule has 2 aromatic carbocycles. The highest BCUT2D eigenvalue weighted by Gasteiger charge is 2.33. The lowest BCUT2D eigenvalue weighted by Gasteiger charge is -2.41. The van der Waals surface area contributed by atoms with Crippen LogP contribution >= 0.6 is 0 Å². The van der Waals surface area contributed by atoms with Crippen molar-refractivity contribution in [2.75, 3.05) is 31.2 Å². The third-order valence-corrected chi connectivity index (χ3v) is 7.57. The highest BCUT2D eigenvalue weighted by Crippen LogP contribution is 2.35. The van der Waals surface area contributed by atoms with Crippen LogP contribution in [0.5, 0.6) is 5.75 Å². The second-order valence-corrected chi connectivity index (χ2v) is 10.5. The van der Waals surface area contributed by atoms with E-state index in [1.54, 1.807) is 29.2 Å². The number of benzene rings is 2. The van der Waals surface area contributed by atoms with Crippen LogP contribution in [0.25, 0.3) is 11.3 Å². The number of aliphatic imine (C=N–C) groups is 1. The number of pyridine rings is 1. The zero-order valence-corrected chi connectivity index (χ0v) is 23.3. The van der Waals surface area contributed by atoms with Crippen LogP contribution in [0.2, 0.25) is 0 Å². The smallest absolute Gasteiger partial charge is 0.246 e. The van der Waals surface area contributed by atoms with Crippen LogP contribution in [0.1, 0.15) is 12.0 Å². The molecule has 2 amide bonds. The van der Waals surface area contributed by atoms with Gasteiger partial charge in [-0.1, -0.05) is 24.8 Å². The first-order chi connectivity index (χ1) is 20.2. The molecule has 2 heterocycles. The van der Waals surface area contributed by atoms with Crippen molar-refractivity contribution < 1.29 is 27.7 Å². The van der Waals surface area contributed by atoms with Gasteiger partial charge in [-0.05, 0) is 36.4 Å². The van der Waals surface area contributed by atoms with Crippen LogP contribution in [-0.2, 0) is 20.4 Å². The predicted molar refractivity (Wildman–Crippen MR) is 153 cm³/mol. The van der Waals surface area contributed by atoms with E-state index in [0.717, 1.165) is 18.2 Å². The van der Waals surface area contributed by atoms with Crippen LogP contribution in [0.15, 0.2) is 71.1 Å².